The van der Waals surface area contributed by atoms with Crippen LogP contribution in [0, 0.1) is 19.8 Å². The molecule has 2 fully saturated rings. The topological polar surface area (TPSA) is 79.4 Å². The quantitative estimate of drug-likeness (QED) is 0.493. The predicted molar refractivity (Wildman–Crippen MR) is 143 cm³/mol. The van der Waals surface area contributed by atoms with Crippen LogP contribution in [0.1, 0.15) is 53.0 Å². The second-order valence-electron chi connectivity index (χ2n) is 10.4. The first-order valence-corrected chi connectivity index (χ1v) is 13.2. The van der Waals surface area contributed by atoms with Crippen molar-refractivity contribution in [3.8, 4) is 0 Å². The molecular formula is C28H35ClN4O3. The van der Waals surface area contributed by atoms with Crippen molar-refractivity contribution in [3.63, 3.8) is 0 Å². The highest BCUT2D eigenvalue weighted by atomic mass is 35.5. The molecule has 36 heavy (non-hydrogen) atoms. The molecule has 7 nitrogen and oxygen atoms in total. The molecule has 1 aliphatic heterocycles. The summed E-state index contributed by atoms with van der Waals surface area (Å²) in [4.78, 5) is 31.0. The van der Waals surface area contributed by atoms with Crippen LogP contribution in [0.5, 0.6) is 0 Å². The second-order valence-corrected chi connectivity index (χ2v) is 10.8. The van der Waals surface area contributed by atoms with E-state index >= 15 is 0 Å². The van der Waals surface area contributed by atoms with Gasteiger partial charge in [-0.2, -0.15) is 0 Å². The fourth-order valence-corrected chi connectivity index (χ4v) is 6.23. The third-order valence-corrected chi connectivity index (χ3v) is 8.42. The Hall–Kier alpha value is -2.61. The number of rotatable bonds is 7. The lowest BCUT2D eigenvalue weighted by Gasteiger charge is -2.46. The summed E-state index contributed by atoms with van der Waals surface area (Å²) in [5.41, 5.74) is 3.51. The normalized spacial score (nSPS) is 21.0. The van der Waals surface area contributed by atoms with E-state index in [-0.39, 0.29) is 18.0 Å². The number of fused-ring (bicyclic) bond motifs is 1. The summed E-state index contributed by atoms with van der Waals surface area (Å²) in [5, 5.41) is 4.24. The van der Waals surface area contributed by atoms with Gasteiger partial charge in [-0.25, -0.2) is 0 Å². The van der Waals surface area contributed by atoms with Gasteiger partial charge < -0.3 is 19.6 Å². The largest absolute Gasteiger partial charge is 0.379 e. The van der Waals surface area contributed by atoms with Crippen molar-refractivity contribution in [1.29, 1.82) is 0 Å². The Balaban J connectivity index is 1.30. The maximum Gasteiger partial charge on any atom is 0.254 e. The third-order valence-electron chi connectivity index (χ3n) is 8.08. The van der Waals surface area contributed by atoms with E-state index in [0.717, 1.165) is 36.2 Å². The molecule has 0 spiro atoms. The lowest BCUT2D eigenvalue weighted by molar-refractivity contribution is -0.0598. The summed E-state index contributed by atoms with van der Waals surface area (Å²) in [6.07, 6.45) is 5.24. The van der Waals surface area contributed by atoms with Crippen LogP contribution < -0.4 is 10.9 Å². The van der Waals surface area contributed by atoms with E-state index < -0.39 is 0 Å². The van der Waals surface area contributed by atoms with Gasteiger partial charge in [0.25, 0.3) is 11.5 Å². The molecule has 1 aliphatic carbocycles. The van der Waals surface area contributed by atoms with E-state index in [2.05, 4.69) is 25.8 Å². The Morgan fingerprint density at radius 1 is 1.17 bits per heavy atom. The summed E-state index contributed by atoms with van der Waals surface area (Å²) < 4.78 is 7.75. The number of amides is 1. The van der Waals surface area contributed by atoms with Crippen LogP contribution in [-0.4, -0.2) is 52.7 Å². The number of likely N-dealkylation sites (tertiary alicyclic amines) is 1. The number of aryl methyl sites for hydroxylation is 1. The van der Waals surface area contributed by atoms with Crippen LogP contribution in [0.3, 0.4) is 0 Å². The molecule has 192 valence electrons. The summed E-state index contributed by atoms with van der Waals surface area (Å²) in [6, 6.07) is 10.5. The van der Waals surface area contributed by atoms with Gasteiger partial charge in [0.1, 0.15) is 0 Å². The number of para-hydroxylation sites is 1. The highest BCUT2D eigenvalue weighted by Crippen LogP contribution is 2.34. The third kappa shape index (κ3) is 4.84. The van der Waals surface area contributed by atoms with Gasteiger partial charge in [-0.05, 0) is 57.6 Å². The van der Waals surface area contributed by atoms with Gasteiger partial charge >= 0.3 is 0 Å². The summed E-state index contributed by atoms with van der Waals surface area (Å²) in [7, 11) is 1.80. The standard InChI is InChI=1S/C28H35ClN4O3/c1-17-12-24(29)23(27(34)31-17)13-30-28(35)26-18(2)33(25-7-5-4-6-22(25)26)14-19-8-10-20(11-9-19)32-15-21(16-32)36-3/h4-7,12,19-21H,8-11,13-16H2,1-3H3,(H,30,35)(H,31,34). The summed E-state index contributed by atoms with van der Waals surface area (Å²) in [5.74, 6) is 0.406. The number of aromatic nitrogens is 2. The van der Waals surface area contributed by atoms with E-state index in [4.69, 9.17) is 16.3 Å². The summed E-state index contributed by atoms with van der Waals surface area (Å²) in [6.45, 7) is 6.92. The molecule has 0 atom stereocenters. The Kier molecular flexibility index (Phi) is 7.24. The van der Waals surface area contributed by atoms with Crippen LogP contribution in [0.2, 0.25) is 5.02 Å². The number of pyridine rings is 1. The minimum Gasteiger partial charge on any atom is -0.379 e. The molecule has 0 radical (unpaired) electrons. The number of aromatic amines is 1. The van der Waals surface area contributed by atoms with Crippen molar-refractivity contribution in [3.05, 3.63) is 68.2 Å². The van der Waals surface area contributed by atoms with Crippen molar-refractivity contribution in [2.24, 2.45) is 5.92 Å². The lowest BCUT2D eigenvalue weighted by atomic mass is 9.84. The first-order chi connectivity index (χ1) is 17.4. The number of hydrogen-bond acceptors (Lipinski definition) is 4. The van der Waals surface area contributed by atoms with Crippen molar-refractivity contribution in [2.45, 2.75) is 64.8 Å². The molecule has 1 saturated carbocycles. The molecule has 1 aromatic carbocycles. The SMILES string of the molecule is COC1CN(C2CCC(Cn3c(C)c(C(=O)NCc4c(Cl)cc(C)[nH]c4=O)c4ccccc43)CC2)C1. The van der Waals surface area contributed by atoms with Crippen molar-refractivity contribution < 1.29 is 9.53 Å². The average Bonchev–Trinajstić information content (AvgIpc) is 3.10. The Labute approximate surface area is 216 Å². The number of benzene rings is 1. The molecule has 3 heterocycles. The average molecular weight is 511 g/mol. The first-order valence-electron chi connectivity index (χ1n) is 12.9. The minimum absolute atomic E-state index is 0.0800. The van der Waals surface area contributed by atoms with Gasteiger partial charge in [0.2, 0.25) is 0 Å². The smallest absolute Gasteiger partial charge is 0.254 e. The van der Waals surface area contributed by atoms with Gasteiger partial charge in [-0.15, -0.1) is 0 Å². The fourth-order valence-electron chi connectivity index (χ4n) is 5.92. The first kappa shape index (κ1) is 25.1. The van der Waals surface area contributed by atoms with E-state index in [9.17, 15) is 9.59 Å². The van der Waals surface area contributed by atoms with Gasteiger partial charge in [0.15, 0.2) is 0 Å². The van der Waals surface area contributed by atoms with Crippen LogP contribution in [0.4, 0.5) is 0 Å². The zero-order valence-corrected chi connectivity index (χ0v) is 22.0. The monoisotopic (exact) mass is 510 g/mol. The molecule has 5 rings (SSSR count). The molecular weight excluding hydrogens is 476 g/mol. The molecule has 1 amide bonds. The maximum absolute atomic E-state index is 13.4. The maximum atomic E-state index is 13.4. The van der Waals surface area contributed by atoms with Crippen LogP contribution in [-0.2, 0) is 17.8 Å². The van der Waals surface area contributed by atoms with Crippen molar-refractivity contribution in [2.75, 3.05) is 20.2 Å². The van der Waals surface area contributed by atoms with Gasteiger partial charge in [-0.1, -0.05) is 29.8 Å². The number of carbonyl (C=O) groups excluding carboxylic acids is 1. The zero-order valence-electron chi connectivity index (χ0n) is 21.3. The summed E-state index contributed by atoms with van der Waals surface area (Å²) >= 11 is 6.28. The Morgan fingerprint density at radius 3 is 2.58 bits per heavy atom. The van der Waals surface area contributed by atoms with E-state index in [1.54, 1.807) is 20.1 Å². The van der Waals surface area contributed by atoms with Gasteiger partial charge in [-0.3, -0.25) is 14.5 Å². The Morgan fingerprint density at radius 2 is 1.89 bits per heavy atom. The molecule has 0 unspecified atom stereocenters. The van der Waals surface area contributed by atoms with Crippen LogP contribution in [0.25, 0.3) is 10.9 Å². The number of nitrogens with zero attached hydrogens (tertiary/aromatic N) is 2. The van der Waals surface area contributed by atoms with E-state index in [0.29, 0.717) is 39.9 Å². The van der Waals surface area contributed by atoms with E-state index in [1.165, 1.54) is 25.7 Å². The van der Waals surface area contributed by atoms with E-state index in [1.807, 2.05) is 25.1 Å². The molecule has 2 aromatic heterocycles. The van der Waals surface area contributed by atoms with Gasteiger partial charge in [0.05, 0.1) is 28.8 Å². The number of H-pyrrole nitrogens is 1. The fraction of sp³-hybridized carbons (Fsp3) is 0.500. The Bertz CT molecular complexity index is 1320. The highest BCUT2D eigenvalue weighted by Gasteiger charge is 2.34. The number of nitrogens with one attached hydrogen (secondary N) is 2. The molecule has 0 bridgehead atoms. The molecule has 3 aromatic rings. The molecule has 2 N–H and O–H groups in total. The highest BCUT2D eigenvalue weighted by molar-refractivity contribution is 6.31. The number of hydrogen-bond donors (Lipinski definition) is 2. The van der Waals surface area contributed by atoms with Gasteiger partial charge in [0, 0.05) is 55.1 Å². The van der Waals surface area contributed by atoms with Crippen LogP contribution in [0.15, 0.2) is 35.1 Å². The number of halogens is 1. The zero-order chi connectivity index (χ0) is 25.4. The number of ether oxygens (including phenoxy) is 1. The number of carbonyl (C=O) groups is 1. The molecule has 8 heteroatoms. The number of methoxy groups -OCH3 is 1. The molecule has 1 saturated heterocycles. The lowest BCUT2D eigenvalue weighted by Crippen LogP contribution is -2.56. The second kappa shape index (κ2) is 10.4. The van der Waals surface area contributed by atoms with Crippen LogP contribution >= 0.6 is 11.6 Å². The predicted octanol–water partition coefficient (Wildman–Crippen LogP) is 4.42. The molecule has 2 aliphatic rings. The van der Waals surface area contributed by atoms with Crippen molar-refractivity contribution in [1.82, 2.24) is 19.8 Å². The van der Waals surface area contributed by atoms with Crippen molar-refractivity contribution >= 4 is 28.4 Å². The minimum atomic E-state index is -0.272.